The van der Waals surface area contributed by atoms with Crippen molar-refractivity contribution in [2.24, 2.45) is 16.5 Å². The molecule has 0 aliphatic carbocycles. The zero-order valence-corrected chi connectivity index (χ0v) is 31.8. The number of carboxylic acids is 1. The van der Waals surface area contributed by atoms with E-state index in [1.807, 2.05) is 0 Å². The van der Waals surface area contributed by atoms with Gasteiger partial charge < -0.3 is 41.4 Å². The summed E-state index contributed by atoms with van der Waals surface area (Å²) in [7, 11) is -8.38. The molecule has 4 aromatic rings. The van der Waals surface area contributed by atoms with Gasteiger partial charge in [-0.2, -0.15) is 13.2 Å². The molecule has 0 aromatic heterocycles. The minimum absolute atomic E-state index is 0.0655. The number of alkyl halides is 3. The largest absolute Gasteiger partial charge is 0.490 e. The van der Waals surface area contributed by atoms with Gasteiger partial charge in [0.25, 0.3) is 0 Å². The predicted molar refractivity (Wildman–Crippen MR) is 204 cm³/mol. The van der Waals surface area contributed by atoms with Crippen LogP contribution in [0.3, 0.4) is 0 Å². The summed E-state index contributed by atoms with van der Waals surface area (Å²) in [5.74, 6) is -5.97. The van der Waals surface area contributed by atoms with E-state index in [4.69, 9.17) is 30.4 Å². The standard InChI is InChI=1S/C34H39N6O8PS.C2HF3O2/c1-24(37-33(43)30(22-41)40-50(45,46)23-26-11-5-2-6-12-26)32(42)39-31(21-25-17-19-27(20-18-25)38-34(35)36)49(44,47-28-13-7-3-8-14-28)48-29-15-9-4-10-16-29;3-2(4,5)1(6)7/h2-20,24,30-31,40-41H,21-23H2,1H3,(H,37,43)(H,39,42)(H4,35,36,38);(H,6,7)/t24-,30+,31?;/m0./s1. The molecule has 3 atom stereocenters. The van der Waals surface area contributed by atoms with Gasteiger partial charge in [-0.05, 0) is 54.4 Å². The first kappa shape index (κ1) is 45.4. The number of aliphatic carboxylic acids is 1. The number of hydrogen-bond donors (Lipinski definition) is 7. The Morgan fingerprint density at radius 2 is 1.26 bits per heavy atom. The smallest absolute Gasteiger partial charge is 0.475 e. The molecule has 21 heteroatoms. The number of carbonyl (C=O) groups is 3. The average Bonchev–Trinajstić information content (AvgIpc) is 3.15. The van der Waals surface area contributed by atoms with Gasteiger partial charge in [0.05, 0.1) is 18.0 Å². The Kier molecular flexibility index (Phi) is 16.6. The number of nitrogens with zero attached hydrogens (tertiary/aromatic N) is 1. The van der Waals surface area contributed by atoms with Gasteiger partial charge in [0.2, 0.25) is 21.8 Å². The Morgan fingerprint density at radius 1 is 0.789 bits per heavy atom. The maximum atomic E-state index is 14.8. The quantitative estimate of drug-likeness (QED) is 0.0458. The van der Waals surface area contributed by atoms with E-state index < -0.39 is 71.8 Å². The number of para-hydroxylation sites is 2. The van der Waals surface area contributed by atoms with Crippen molar-refractivity contribution in [1.82, 2.24) is 15.4 Å². The Morgan fingerprint density at radius 3 is 1.70 bits per heavy atom. The molecule has 16 nitrogen and oxygen atoms in total. The Balaban J connectivity index is 0.00000113. The van der Waals surface area contributed by atoms with Crippen molar-refractivity contribution in [3.8, 4) is 11.5 Å². The summed E-state index contributed by atoms with van der Waals surface area (Å²) in [6.45, 7) is 0.472. The van der Waals surface area contributed by atoms with Crippen molar-refractivity contribution < 1.29 is 59.8 Å². The summed E-state index contributed by atoms with van der Waals surface area (Å²) in [6, 6.07) is 28.6. The van der Waals surface area contributed by atoms with E-state index in [0.29, 0.717) is 16.8 Å². The van der Waals surface area contributed by atoms with Crippen molar-refractivity contribution in [3.63, 3.8) is 0 Å². The minimum Gasteiger partial charge on any atom is -0.475 e. The van der Waals surface area contributed by atoms with Gasteiger partial charge in [0.1, 0.15) is 23.6 Å². The molecule has 0 fully saturated rings. The summed E-state index contributed by atoms with van der Waals surface area (Å²) in [4.78, 5) is 39.6. The fraction of sp³-hybridized carbons (Fsp3) is 0.222. The average molecular weight is 837 g/mol. The van der Waals surface area contributed by atoms with Crippen LogP contribution in [0.1, 0.15) is 18.1 Å². The molecule has 306 valence electrons. The maximum Gasteiger partial charge on any atom is 0.490 e. The zero-order chi connectivity index (χ0) is 42.2. The lowest BCUT2D eigenvalue weighted by Gasteiger charge is -2.29. The normalized spacial score (nSPS) is 13.0. The number of halogens is 3. The van der Waals surface area contributed by atoms with Crippen LogP contribution >= 0.6 is 7.60 Å². The molecule has 57 heavy (non-hydrogen) atoms. The SMILES string of the molecule is C[C@H](NC(=O)[C@@H](CO)NS(=O)(=O)Cc1ccccc1)C(=O)NC(Cc1ccc(N=C(N)N)cc1)P(=O)(Oc1ccccc1)Oc1ccccc1.O=C(O)C(F)(F)F. The third-order valence-electron chi connectivity index (χ3n) is 7.28. The van der Waals surface area contributed by atoms with Gasteiger partial charge in [-0.15, -0.1) is 0 Å². The van der Waals surface area contributed by atoms with Crippen LogP contribution in [0, 0.1) is 0 Å². The molecule has 0 aliphatic rings. The van der Waals surface area contributed by atoms with E-state index in [0.717, 1.165) is 0 Å². The maximum absolute atomic E-state index is 14.8. The molecule has 0 saturated carbocycles. The second-order valence-corrected chi connectivity index (χ2v) is 15.7. The Bertz CT molecular complexity index is 2070. The van der Waals surface area contributed by atoms with Crippen LogP contribution in [0.5, 0.6) is 11.5 Å². The molecule has 0 bridgehead atoms. The first-order valence-electron chi connectivity index (χ1n) is 16.6. The summed E-state index contributed by atoms with van der Waals surface area (Å²) in [6.07, 6.45) is -5.15. The number of amides is 2. The van der Waals surface area contributed by atoms with Gasteiger partial charge in [-0.25, -0.2) is 27.5 Å². The fourth-order valence-electron chi connectivity index (χ4n) is 4.62. The minimum atomic E-state index is -5.08. The molecule has 4 rings (SSSR count). The third kappa shape index (κ3) is 15.6. The van der Waals surface area contributed by atoms with Crippen molar-refractivity contribution >= 4 is 47.0 Å². The predicted octanol–water partition coefficient (Wildman–Crippen LogP) is 3.55. The molecular weight excluding hydrogens is 796 g/mol. The number of aliphatic imine (C=N–C) groups is 1. The third-order valence-corrected chi connectivity index (χ3v) is 10.6. The lowest BCUT2D eigenvalue weighted by atomic mass is 10.1. The van der Waals surface area contributed by atoms with Crippen molar-refractivity contribution in [1.29, 1.82) is 0 Å². The number of hydrogen-bond acceptors (Lipinski definition) is 10. The first-order valence-corrected chi connectivity index (χ1v) is 19.9. The molecule has 9 N–H and O–H groups in total. The number of carbonyl (C=O) groups excluding carboxylic acids is 2. The van der Waals surface area contributed by atoms with Crippen LogP contribution < -0.4 is 35.9 Å². The van der Waals surface area contributed by atoms with E-state index >= 15 is 0 Å². The summed E-state index contributed by atoms with van der Waals surface area (Å²) in [5, 5.41) is 22.1. The van der Waals surface area contributed by atoms with Crippen molar-refractivity contribution in [3.05, 3.63) is 126 Å². The molecule has 0 saturated heterocycles. The van der Waals surface area contributed by atoms with Crippen LogP contribution in [0.2, 0.25) is 0 Å². The monoisotopic (exact) mass is 836 g/mol. The lowest BCUT2D eigenvalue weighted by Crippen LogP contribution is -2.55. The molecule has 0 aliphatic heterocycles. The number of aliphatic hydroxyl groups is 1. The van der Waals surface area contributed by atoms with Gasteiger partial charge in [0.15, 0.2) is 11.7 Å². The first-order chi connectivity index (χ1) is 26.8. The topological polar surface area (TPSA) is 262 Å². The number of guanidine groups is 1. The van der Waals surface area contributed by atoms with Gasteiger partial charge in [0, 0.05) is 6.42 Å². The van der Waals surface area contributed by atoms with Crippen LogP contribution in [-0.2, 0) is 41.1 Å². The number of aliphatic hydroxyl groups excluding tert-OH is 1. The highest BCUT2D eigenvalue weighted by Gasteiger charge is 2.42. The van der Waals surface area contributed by atoms with E-state index in [1.54, 1.807) is 115 Å². The fourth-order valence-corrected chi connectivity index (χ4v) is 7.79. The second-order valence-electron chi connectivity index (χ2n) is 11.9. The number of nitrogens with two attached hydrogens (primary N) is 2. The van der Waals surface area contributed by atoms with E-state index in [-0.39, 0.29) is 23.9 Å². The Labute approximate surface area is 325 Å². The second kappa shape index (κ2) is 20.8. The van der Waals surface area contributed by atoms with Gasteiger partial charge in [-0.3, -0.25) is 9.59 Å². The van der Waals surface area contributed by atoms with Gasteiger partial charge >= 0.3 is 19.7 Å². The van der Waals surface area contributed by atoms with E-state index in [9.17, 15) is 40.8 Å². The molecular formula is C36H40F3N6O10PS. The highest BCUT2D eigenvalue weighted by molar-refractivity contribution is 7.88. The van der Waals surface area contributed by atoms with Gasteiger partial charge in [-0.1, -0.05) is 78.9 Å². The van der Waals surface area contributed by atoms with Crippen LogP contribution in [-0.4, -0.2) is 73.0 Å². The van der Waals surface area contributed by atoms with Crippen LogP contribution in [0.15, 0.2) is 120 Å². The molecule has 0 radical (unpaired) electrons. The van der Waals surface area contributed by atoms with Crippen LogP contribution in [0.4, 0.5) is 18.9 Å². The van der Waals surface area contributed by atoms with E-state index in [2.05, 4.69) is 20.3 Å². The molecule has 0 heterocycles. The summed E-state index contributed by atoms with van der Waals surface area (Å²) >= 11 is 0. The molecule has 1 unspecified atom stereocenters. The molecule has 0 spiro atoms. The molecule has 4 aromatic carbocycles. The zero-order valence-electron chi connectivity index (χ0n) is 30.1. The van der Waals surface area contributed by atoms with E-state index in [1.165, 1.54) is 6.92 Å². The van der Waals surface area contributed by atoms with Crippen LogP contribution in [0.25, 0.3) is 0 Å². The van der Waals surface area contributed by atoms with Crippen molar-refractivity contribution in [2.45, 2.75) is 43.1 Å². The number of sulfonamides is 1. The van der Waals surface area contributed by atoms with Crippen molar-refractivity contribution in [2.75, 3.05) is 6.61 Å². The highest BCUT2D eigenvalue weighted by Crippen LogP contribution is 2.53. The number of nitrogens with one attached hydrogen (secondary N) is 3. The number of benzene rings is 4. The number of rotatable bonds is 17. The lowest BCUT2D eigenvalue weighted by molar-refractivity contribution is -0.192. The Hall–Kier alpha value is -5.95. The molecule has 2 amide bonds. The summed E-state index contributed by atoms with van der Waals surface area (Å²) < 4.78 is 86.2. The number of carboxylic acid groups (broad SMARTS) is 1. The highest BCUT2D eigenvalue weighted by atomic mass is 32.2. The summed E-state index contributed by atoms with van der Waals surface area (Å²) in [5.41, 5.74) is 12.5.